The summed E-state index contributed by atoms with van der Waals surface area (Å²) in [5.41, 5.74) is 4.72. The Labute approximate surface area is 206 Å². The molecule has 0 aliphatic carbocycles. The fourth-order valence-corrected chi connectivity index (χ4v) is 4.41. The number of fused-ring (bicyclic) bond motifs is 1. The summed E-state index contributed by atoms with van der Waals surface area (Å²) in [5, 5.41) is 0. The number of ether oxygens (including phenoxy) is 2. The van der Waals surface area contributed by atoms with Crippen molar-refractivity contribution >= 4 is 11.5 Å². The summed E-state index contributed by atoms with van der Waals surface area (Å²) in [6, 6.07) is 35.6. The first kappa shape index (κ1) is 22.4. The van der Waals surface area contributed by atoms with Gasteiger partial charge in [-0.2, -0.15) is 0 Å². The fourth-order valence-electron chi connectivity index (χ4n) is 4.41. The summed E-state index contributed by atoms with van der Waals surface area (Å²) in [6.45, 7) is 2.58. The summed E-state index contributed by atoms with van der Waals surface area (Å²) in [6.07, 6.45) is 3.56. The summed E-state index contributed by atoms with van der Waals surface area (Å²) >= 11 is 0. The van der Waals surface area contributed by atoms with Crippen molar-refractivity contribution in [3.05, 3.63) is 149 Å². The van der Waals surface area contributed by atoms with Crippen LogP contribution in [0.2, 0.25) is 0 Å². The predicted molar refractivity (Wildman–Crippen MR) is 140 cm³/mol. The van der Waals surface area contributed by atoms with Crippen molar-refractivity contribution in [1.82, 2.24) is 0 Å². The molecule has 1 aliphatic heterocycles. The van der Waals surface area contributed by atoms with Gasteiger partial charge in [-0.15, -0.1) is 0 Å². The van der Waals surface area contributed by atoms with Crippen LogP contribution in [-0.4, -0.2) is 12.4 Å². The number of hydrogen-bond acceptors (Lipinski definition) is 3. The first-order chi connectivity index (χ1) is 17.2. The highest BCUT2D eigenvalue weighted by Gasteiger charge is 2.30. The van der Waals surface area contributed by atoms with Crippen LogP contribution in [0.3, 0.4) is 0 Å². The largest absolute Gasteiger partial charge is 0.494 e. The van der Waals surface area contributed by atoms with Gasteiger partial charge in [0.2, 0.25) is 0 Å². The molecule has 1 unspecified atom stereocenters. The molecule has 0 radical (unpaired) electrons. The molecule has 5 rings (SSSR count). The highest BCUT2D eigenvalue weighted by Crippen LogP contribution is 2.46. The van der Waals surface area contributed by atoms with Gasteiger partial charge in [0, 0.05) is 28.2 Å². The predicted octanol–water partition coefficient (Wildman–Crippen LogP) is 7.46. The van der Waals surface area contributed by atoms with Gasteiger partial charge >= 0.3 is 0 Å². The Morgan fingerprint density at radius 1 is 0.829 bits per heavy atom. The second-order valence-electron chi connectivity index (χ2n) is 8.29. The van der Waals surface area contributed by atoms with Crippen LogP contribution in [0.5, 0.6) is 11.5 Å². The van der Waals surface area contributed by atoms with Crippen LogP contribution in [0.1, 0.15) is 39.9 Å². The van der Waals surface area contributed by atoms with Gasteiger partial charge in [-0.3, -0.25) is 4.79 Å². The number of ketones is 1. The minimum atomic E-state index is -0.0810. The first-order valence-corrected chi connectivity index (χ1v) is 11.8. The molecule has 0 amide bonds. The molecule has 1 heterocycles. The summed E-state index contributed by atoms with van der Waals surface area (Å²) < 4.78 is 12.1. The average Bonchev–Trinajstić information content (AvgIpc) is 2.92. The van der Waals surface area contributed by atoms with Gasteiger partial charge in [-0.1, -0.05) is 84.9 Å². The van der Waals surface area contributed by atoms with E-state index in [1.807, 2.05) is 104 Å². The summed E-state index contributed by atoms with van der Waals surface area (Å²) in [7, 11) is 0. The number of rotatable bonds is 7. The lowest BCUT2D eigenvalue weighted by molar-refractivity contribution is 0.104. The van der Waals surface area contributed by atoms with Crippen LogP contribution in [0.25, 0.3) is 5.76 Å². The van der Waals surface area contributed by atoms with Crippen molar-refractivity contribution in [2.45, 2.75) is 12.8 Å². The quantitative estimate of drug-likeness (QED) is 0.213. The van der Waals surface area contributed by atoms with E-state index in [1.54, 1.807) is 6.08 Å². The smallest absolute Gasteiger partial charge is 0.185 e. The minimum Gasteiger partial charge on any atom is -0.494 e. The number of hydrogen-bond donors (Lipinski definition) is 0. The van der Waals surface area contributed by atoms with E-state index in [2.05, 4.69) is 18.2 Å². The van der Waals surface area contributed by atoms with E-state index in [-0.39, 0.29) is 11.7 Å². The Morgan fingerprint density at radius 3 is 2.20 bits per heavy atom. The highest BCUT2D eigenvalue weighted by molar-refractivity contribution is 6.05. The van der Waals surface area contributed by atoms with Crippen molar-refractivity contribution < 1.29 is 14.3 Å². The van der Waals surface area contributed by atoms with E-state index < -0.39 is 0 Å². The highest BCUT2D eigenvalue weighted by atomic mass is 16.5. The molecule has 172 valence electrons. The van der Waals surface area contributed by atoms with E-state index in [9.17, 15) is 4.79 Å². The number of carbonyl (C=O) groups is 1. The van der Waals surface area contributed by atoms with E-state index in [4.69, 9.17) is 9.47 Å². The van der Waals surface area contributed by atoms with E-state index in [1.165, 1.54) is 0 Å². The Bertz CT molecular complexity index is 1370. The van der Waals surface area contributed by atoms with Crippen LogP contribution in [-0.2, 0) is 0 Å². The average molecular weight is 459 g/mol. The SMILES string of the molecule is CCOc1ccc(C2=C(/C=C/C(=O)c3ccccc3)C(c3ccccc3)c3ccccc3O2)cc1. The second-order valence-corrected chi connectivity index (χ2v) is 8.29. The van der Waals surface area contributed by atoms with Crippen molar-refractivity contribution in [3.63, 3.8) is 0 Å². The molecule has 0 saturated carbocycles. The molecule has 4 aromatic rings. The first-order valence-electron chi connectivity index (χ1n) is 11.8. The molecule has 3 heteroatoms. The summed E-state index contributed by atoms with van der Waals surface area (Å²) in [4.78, 5) is 13.0. The zero-order valence-corrected chi connectivity index (χ0v) is 19.6. The number of para-hydroxylation sites is 1. The van der Waals surface area contributed by atoms with Crippen LogP contribution >= 0.6 is 0 Å². The fraction of sp³-hybridized carbons (Fsp3) is 0.0938. The zero-order valence-electron chi connectivity index (χ0n) is 19.6. The third kappa shape index (κ3) is 4.80. The lowest BCUT2D eigenvalue weighted by atomic mass is 9.81. The lowest BCUT2D eigenvalue weighted by Crippen LogP contribution is -2.15. The van der Waals surface area contributed by atoms with Gasteiger partial charge < -0.3 is 9.47 Å². The molecule has 0 spiro atoms. The van der Waals surface area contributed by atoms with E-state index in [0.29, 0.717) is 12.2 Å². The molecule has 1 aliphatic rings. The Balaban J connectivity index is 1.66. The van der Waals surface area contributed by atoms with Gasteiger partial charge in [-0.25, -0.2) is 0 Å². The normalized spacial score (nSPS) is 14.9. The molecule has 0 aromatic heterocycles. The number of benzene rings is 4. The van der Waals surface area contributed by atoms with Crippen LogP contribution in [0.4, 0.5) is 0 Å². The van der Waals surface area contributed by atoms with Gasteiger partial charge in [0.1, 0.15) is 17.3 Å². The second kappa shape index (κ2) is 10.3. The maximum absolute atomic E-state index is 13.0. The molecule has 35 heavy (non-hydrogen) atoms. The van der Waals surface area contributed by atoms with Crippen LogP contribution in [0, 0.1) is 0 Å². The minimum absolute atomic E-state index is 0.0465. The van der Waals surface area contributed by atoms with E-state index >= 15 is 0 Å². The van der Waals surface area contributed by atoms with Crippen LogP contribution < -0.4 is 9.47 Å². The maximum Gasteiger partial charge on any atom is 0.185 e. The Kier molecular flexibility index (Phi) is 6.58. The van der Waals surface area contributed by atoms with Crippen molar-refractivity contribution in [1.29, 1.82) is 0 Å². The maximum atomic E-state index is 13.0. The molecule has 1 atom stereocenters. The molecule has 3 nitrogen and oxygen atoms in total. The van der Waals surface area contributed by atoms with Crippen LogP contribution in [0.15, 0.2) is 127 Å². The number of allylic oxidation sites excluding steroid dienone is 3. The Morgan fingerprint density at radius 2 is 1.49 bits per heavy atom. The Hall–Kier alpha value is -4.37. The monoisotopic (exact) mass is 458 g/mol. The molecule has 0 N–H and O–H groups in total. The lowest BCUT2D eigenvalue weighted by Gasteiger charge is -2.30. The molecule has 4 aromatic carbocycles. The van der Waals surface area contributed by atoms with Gasteiger partial charge in [0.25, 0.3) is 0 Å². The topological polar surface area (TPSA) is 35.5 Å². The molecular weight excluding hydrogens is 432 g/mol. The molecule has 0 bridgehead atoms. The van der Waals surface area contributed by atoms with Crippen molar-refractivity contribution in [2.75, 3.05) is 6.61 Å². The molecule has 0 saturated heterocycles. The van der Waals surface area contributed by atoms with Gasteiger partial charge in [0.05, 0.1) is 6.61 Å². The standard InChI is InChI=1S/C32H26O3/c1-2-34-26-19-17-25(18-20-26)32-28(21-22-29(33)23-11-5-3-6-12-23)31(24-13-7-4-8-14-24)27-15-9-10-16-30(27)35-32/h3-22,31H,2H2,1H3/b22-21+. The zero-order chi connectivity index (χ0) is 24.0. The third-order valence-corrected chi connectivity index (χ3v) is 6.05. The molecule has 0 fully saturated rings. The number of carbonyl (C=O) groups excluding carboxylic acids is 1. The molecular formula is C32H26O3. The van der Waals surface area contributed by atoms with Crippen molar-refractivity contribution in [3.8, 4) is 11.5 Å². The van der Waals surface area contributed by atoms with Gasteiger partial charge in [0.15, 0.2) is 5.78 Å². The third-order valence-electron chi connectivity index (χ3n) is 6.05. The van der Waals surface area contributed by atoms with E-state index in [0.717, 1.165) is 39.5 Å². The van der Waals surface area contributed by atoms with Crippen molar-refractivity contribution in [2.24, 2.45) is 0 Å². The van der Waals surface area contributed by atoms with Gasteiger partial charge in [-0.05, 0) is 48.9 Å². The summed E-state index contributed by atoms with van der Waals surface area (Å²) in [5.74, 6) is 2.23.